The lowest BCUT2D eigenvalue weighted by molar-refractivity contribution is 0.160. The largest absolute Gasteiger partial charge is 0.448 e. The Kier molecular flexibility index (Phi) is 5.11. The van der Waals surface area contributed by atoms with Gasteiger partial charge in [0.15, 0.2) is 5.17 Å². The lowest BCUT2D eigenvalue weighted by atomic mass is 9.85. The average molecular weight is 259 g/mol. The Morgan fingerprint density at radius 3 is 2.94 bits per heavy atom. The van der Waals surface area contributed by atoms with Gasteiger partial charge in [-0.3, -0.25) is 4.99 Å². The fourth-order valence-corrected chi connectivity index (χ4v) is 2.53. The third-order valence-electron chi connectivity index (χ3n) is 2.58. The van der Waals surface area contributed by atoms with Gasteiger partial charge in [0, 0.05) is 11.8 Å². The number of carbonyl (C=O) groups is 1. The predicted molar refractivity (Wildman–Crippen MR) is 71.3 cm³/mol. The van der Waals surface area contributed by atoms with Crippen molar-refractivity contribution in [3.63, 3.8) is 0 Å². The molecular weight excluding hydrogens is 238 g/mol. The van der Waals surface area contributed by atoms with Crippen LogP contribution in [0.1, 0.15) is 27.2 Å². The summed E-state index contributed by atoms with van der Waals surface area (Å²) < 4.78 is 4.62. The van der Waals surface area contributed by atoms with Crippen LogP contribution in [0, 0.1) is 5.41 Å². The number of primary amides is 1. The maximum atomic E-state index is 10.4. The second-order valence-electron chi connectivity index (χ2n) is 5.05. The van der Waals surface area contributed by atoms with E-state index in [0.717, 1.165) is 17.3 Å². The number of carbonyl (C=O) groups excluding carboxylic acids is 1. The molecule has 0 aromatic rings. The van der Waals surface area contributed by atoms with E-state index in [1.165, 1.54) is 0 Å². The van der Waals surface area contributed by atoms with Crippen LogP contribution in [0.25, 0.3) is 0 Å². The number of ether oxygens (including phenoxy) is 1. The zero-order valence-corrected chi connectivity index (χ0v) is 11.5. The summed E-state index contributed by atoms with van der Waals surface area (Å²) in [6.07, 6.45) is 0.396. The second-order valence-corrected chi connectivity index (χ2v) is 6.14. The van der Waals surface area contributed by atoms with Gasteiger partial charge in [0.25, 0.3) is 0 Å². The van der Waals surface area contributed by atoms with Gasteiger partial charge < -0.3 is 15.8 Å². The molecule has 0 aromatic heterocycles. The third kappa shape index (κ3) is 5.30. The van der Waals surface area contributed by atoms with E-state index in [0.29, 0.717) is 12.6 Å². The van der Waals surface area contributed by atoms with E-state index in [1.54, 1.807) is 11.8 Å². The van der Waals surface area contributed by atoms with E-state index in [9.17, 15) is 4.79 Å². The molecule has 3 N–H and O–H groups in total. The van der Waals surface area contributed by atoms with Crippen molar-refractivity contribution in [3.05, 3.63) is 0 Å². The number of nitrogens with two attached hydrogens (primary N) is 1. The van der Waals surface area contributed by atoms with Crippen LogP contribution in [0.15, 0.2) is 4.99 Å². The summed E-state index contributed by atoms with van der Waals surface area (Å²) in [7, 11) is 0. The Balaban J connectivity index is 2.38. The topological polar surface area (TPSA) is 76.7 Å². The summed E-state index contributed by atoms with van der Waals surface area (Å²) in [5, 5.41) is 4.36. The minimum Gasteiger partial charge on any atom is -0.448 e. The highest BCUT2D eigenvalue weighted by Crippen LogP contribution is 2.27. The molecule has 1 heterocycles. The van der Waals surface area contributed by atoms with E-state index in [4.69, 9.17) is 5.73 Å². The molecule has 1 amide bonds. The Hall–Kier alpha value is -0.910. The zero-order chi connectivity index (χ0) is 12.9. The van der Waals surface area contributed by atoms with E-state index in [1.807, 2.05) is 0 Å². The molecule has 5 nitrogen and oxygen atoms in total. The number of rotatable bonds is 3. The number of nitrogens with zero attached hydrogens (tertiary/aromatic N) is 1. The summed E-state index contributed by atoms with van der Waals surface area (Å²) in [4.78, 5) is 14.7. The summed E-state index contributed by atoms with van der Waals surface area (Å²) >= 11 is 1.71. The minimum atomic E-state index is -0.748. The van der Waals surface area contributed by atoms with Crippen molar-refractivity contribution in [1.29, 1.82) is 0 Å². The van der Waals surface area contributed by atoms with E-state index < -0.39 is 6.09 Å². The maximum absolute atomic E-state index is 10.4. The smallest absolute Gasteiger partial charge is 0.404 e. The fourth-order valence-electron chi connectivity index (χ4n) is 1.57. The summed E-state index contributed by atoms with van der Waals surface area (Å²) in [5.74, 6) is 1.07. The Bertz CT molecular complexity index is 300. The number of nitrogens with one attached hydrogen (secondary N) is 1. The van der Waals surface area contributed by atoms with Crippen molar-refractivity contribution in [2.45, 2.75) is 33.2 Å². The summed E-state index contributed by atoms with van der Waals surface area (Å²) in [6, 6.07) is 0.444. The van der Waals surface area contributed by atoms with Crippen molar-refractivity contribution in [3.8, 4) is 0 Å². The Labute approximate surface area is 107 Å². The van der Waals surface area contributed by atoms with Crippen LogP contribution in [0.2, 0.25) is 0 Å². The highest BCUT2D eigenvalue weighted by molar-refractivity contribution is 8.13. The van der Waals surface area contributed by atoms with Gasteiger partial charge in [0.05, 0.1) is 6.54 Å². The maximum Gasteiger partial charge on any atom is 0.404 e. The molecule has 0 spiro atoms. The first-order chi connectivity index (χ1) is 7.89. The monoisotopic (exact) mass is 259 g/mol. The van der Waals surface area contributed by atoms with Gasteiger partial charge in [-0.15, -0.1) is 0 Å². The first kappa shape index (κ1) is 14.2. The van der Waals surface area contributed by atoms with Crippen LogP contribution in [-0.4, -0.2) is 36.2 Å². The lowest BCUT2D eigenvalue weighted by Crippen LogP contribution is -2.46. The lowest BCUT2D eigenvalue weighted by Gasteiger charge is -2.35. The van der Waals surface area contributed by atoms with Crippen molar-refractivity contribution < 1.29 is 9.53 Å². The first-order valence-corrected chi connectivity index (χ1v) is 6.74. The number of amides is 1. The molecule has 17 heavy (non-hydrogen) atoms. The van der Waals surface area contributed by atoms with Crippen molar-refractivity contribution in [2.75, 3.05) is 18.9 Å². The molecule has 1 aliphatic rings. The van der Waals surface area contributed by atoms with Crippen LogP contribution >= 0.6 is 11.8 Å². The van der Waals surface area contributed by atoms with Crippen LogP contribution in [0.5, 0.6) is 0 Å². The van der Waals surface area contributed by atoms with Crippen LogP contribution in [-0.2, 0) is 4.74 Å². The molecular formula is C11H21N3O2S. The predicted octanol–water partition coefficient (Wildman–Crippen LogP) is 1.58. The van der Waals surface area contributed by atoms with Gasteiger partial charge >= 0.3 is 6.09 Å². The van der Waals surface area contributed by atoms with Crippen LogP contribution in [0.4, 0.5) is 4.79 Å². The van der Waals surface area contributed by atoms with Crippen molar-refractivity contribution in [1.82, 2.24) is 5.32 Å². The molecule has 1 fully saturated rings. The molecule has 0 radical (unpaired) electrons. The second kappa shape index (κ2) is 6.14. The van der Waals surface area contributed by atoms with E-state index in [2.05, 4.69) is 35.8 Å². The Morgan fingerprint density at radius 2 is 2.35 bits per heavy atom. The third-order valence-corrected chi connectivity index (χ3v) is 3.54. The number of amidine groups is 1. The molecule has 6 heteroatoms. The molecule has 1 aliphatic heterocycles. The van der Waals surface area contributed by atoms with Crippen molar-refractivity contribution >= 4 is 23.0 Å². The highest BCUT2D eigenvalue weighted by atomic mass is 32.2. The van der Waals surface area contributed by atoms with Gasteiger partial charge in [-0.25, -0.2) is 4.79 Å². The Morgan fingerprint density at radius 1 is 1.65 bits per heavy atom. The highest BCUT2D eigenvalue weighted by Gasteiger charge is 2.28. The van der Waals surface area contributed by atoms with Gasteiger partial charge in [-0.2, -0.15) is 0 Å². The first-order valence-electron chi connectivity index (χ1n) is 5.75. The molecule has 1 rings (SSSR count). The normalized spacial score (nSPS) is 23.2. The van der Waals surface area contributed by atoms with Gasteiger partial charge in [-0.05, 0) is 11.8 Å². The fraction of sp³-hybridized carbons (Fsp3) is 0.818. The molecule has 1 atom stereocenters. The SMILES string of the molecule is CC(C)(C)C1CCSC(=NCCOC(N)=O)N1. The zero-order valence-electron chi connectivity index (χ0n) is 10.7. The van der Waals surface area contributed by atoms with Gasteiger partial charge in [0.2, 0.25) is 0 Å². The van der Waals surface area contributed by atoms with Gasteiger partial charge in [0.1, 0.15) is 6.61 Å². The molecule has 1 unspecified atom stereocenters. The molecule has 0 aromatic carbocycles. The number of hydrogen-bond acceptors (Lipinski definition) is 4. The number of thioether (sulfide) groups is 1. The number of aliphatic imine (C=N–C) groups is 1. The van der Waals surface area contributed by atoms with Crippen LogP contribution in [0.3, 0.4) is 0 Å². The van der Waals surface area contributed by atoms with E-state index >= 15 is 0 Å². The quantitative estimate of drug-likeness (QED) is 0.754. The van der Waals surface area contributed by atoms with Crippen LogP contribution < -0.4 is 11.1 Å². The van der Waals surface area contributed by atoms with Crippen molar-refractivity contribution in [2.24, 2.45) is 16.1 Å². The molecule has 1 saturated heterocycles. The summed E-state index contributed by atoms with van der Waals surface area (Å²) in [5.41, 5.74) is 5.09. The summed E-state index contributed by atoms with van der Waals surface area (Å²) in [6.45, 7) is 7.34. The average Bonchev–Trinajstić information content (AvgIpc) is 2.23. The molecule has 98 valence electrons. The molecule has 0 saturated carbocycles. The molecule has 0 bridgehead atoms. The minimum absolute atomic E-state index is 0.228. The van der Waals surface area contributed by atoms with Gasteiger partial charge in [-0.1, -0.05) is 32.5 Å². The molecule has 0 aliphatic carbocycles. The van der Waals surface area contributed by atoms with E-state index in [-0.39, 0.29) is 12.0 Å². The number of hydrogen-bond donors (Lipinski definition) is 2. The standard InChI is InChI=1S/C11H21N3O2S/c1-11(2,3)8-4-7-17-10(14-8)13-5-6-16-9(12)15/h8H,4-7H2,1-3H3,(H2,12,15)(H,13,14).